The molecule has 3 rings (SSSR count). The average molecular weight is 475 g/mol. The molecule has 0 unspecified atom stereocenters. The lowest BCUT2D eigenvalue weighted by Gasteiger charge is -2.20. The molecule has 2 aromatic carbocycles. The van der Waals surface area contributed by atoms with E-state index < -0.39 is 15.9 Å². The number of carbonyl (C=O) groups is 1. The number of thiophene rings is 1. The number of nitrogens with one attached hydrogen (secondary N) is 1. The van der Waals surface area contributed by atoms with Crippen LogP contribution < -0.4 is 19.1 Å². The van der Waals surface area contributed by atoms with Crippen LogP contribution in [0.5, 0.6) is 11.5 Å². The van der Waals surface area contributed by atoms with E-state index in [1.807, 2.05) is 38.1 Å². The molecule has 1 N–H and O–H groups in total. The highest BCUT2D eigenvalue weighted by molar-refractivity contribution is 7.93. The van der Waals surface area contributed by atoms with E-state index in [0.717, 1.165) is 27.0 Å². The number of nitrogens with zero attached hydrogens (tertiary/aromatic N) is 1. The summed E-state index contributed by atoms with van der Waals surface area (Å²) in [6, 6.07) is 15.6. The zero-order chi connectivity index (χ0) is 23.1. The SMILES string of the molecule is CCOc1ccc(CNC(=O)c2sccc2S(=O)(=O)N(C)c2ccc(OCC)cc2)cc1. The van der Waals surface area contributed by atoms with Crippen LogP contribution in [0.1, 0.15) is 29.1 Å². The van der Waals surface area contributed by atoms with Crippen LogP contribution in [0.2, 0.25) is 0 Å². The van der Waals surface area contributed by atoms with Gasteiger partial charge in [-0.2, -0.15) is 0 Å². The maximum Gasteiger partial charge on any atom is 0.265 e. The molecule has 0 radical (unpaired) electrons. The number of carbonyl (C=O) groups excluding carboxylic acids is 1. The molecule has 0 aliphatic heterocycles. The molecule has 32 heavy (non-hydrogen) atoms. The Labute approximate surface area is 192 Å². The van der Waals surface area contributed by atoms with Crippen molar-refractivity contribution in [2.75, 3.05) is 24.6 Å². The van der Waals surface area contributed by atoms with Crippen LogP contribution in [0.25, 0.3) is 0 Å². The number of anilines is 1. The van der Waals surface area contributed by atoms with Gasteiger partial charge in [0.05, 0.1) is 18.9 Å². The van der Waals surface area contributed by atoms with Gasteiger partial charge in [-0.3, -0.25) is 9.10 Å². The van der Waals surface area contributed by atoms with Crippen LogP contribution in [-0.4, -0.2) is 34.6 Å². The minimum atomic E-state index is -3.92. The molecule has 0 bridgehead atoms. The van der Waals surface area contributed by atoms with Gasteiger partial charge in [0.1, 0.15) is 21.3 Å². The molecular weight excluding hydrogens is 448 g/mol. The van der Waals surface area contributed by atoms with Crippen LogP contribution in [0.4, 0.5) is 5.69 Å². The van der Waals surface area contributed by atoms with Crippen molar-refractivity contribution in [3.05, 3.63) is 70.4 Å². The highest BCUT2D eigenvalue weighted by Crippen LogP contribution is 2.29. The van der Waals surface area contributed by atoms with Crippen molar-refractivity contribution in [1.29, 1.82) is 0 Å². The number of benzene rings is 2. The molecule has 0 saturated carbocycles. The summed E-state index contributed by atoms with van der Waals surface area (Å²) < 4.78 is 38.4. The average Bonchev–Trinajstić information content (AvgIpc) is 3.30. The van der Waals surface area contributed by atoms with E-state index >= 15 is 0 Å². The van der Waals surface area contributed by atoms with E-state index in [-0.39, 0.29) is 16.3 Å². The fourth-order valence-electron chi connectivity index (χ4n) is 3.00. The van der Waals surface area contributed by atoms with Gasteiger partial charge >= 0.3 is 0 Å². The van der Waals surface area contributed by atoms with E-state index in [4.69, 9.17) is 9.47 Å². The van der Waals surface area contributed by atoms with Crippen molar-refractivity contribution in [2.24, 2.45) is 0 Å². The second kappa shape index (κ2) is 10.5. The van der Waals surface area contributed by atoms with Crippen LogP contribution in [0.15, 0.2) is 64.9 Å². The summed E-state index contributed by atoms with van der Waals surface area (Å²) in [5.74, 6) is 0.978. The molecule has 0 fully saturated rings. The van der Waals surface area contributed by atoms with E-state index in [1.165, 1.54) is 13.1 Å². The largest absolute Gasteiger partial charge is 0.494 e. The van der Waals surface area contributed by atoms with Gasteiger partial charge in [0, 0.05) is 13.6 Å². The lowest BCUT2D eigenvalue weighted by atomic mass is 10.2. The summed E-state index contributed by atoms with van der Waals surface area (Å²) in [6.07, 6.45) is 0. The Bertz CT molecular complexity index is 1140. The van der Waals surface area contributed by atoms with Gasteiger partial charge in [0.15, 0.2) is 0 Å². The highest BCUT2D eigenvalue weighted by atomic mass is 32.2. The van der Waals surface area contributed by atoms with Gasteiger partial charge < -0.3 is 14.8 Å². The predicted octanol–water partition coefficient (Wildman–Crippen LogP) is 4.30. The van der Waals surface area contributed by atoms with Gasteiger partial charge in [-0.1, -0.05) is 12.1 Å². The molecule has 9 heteroatoms. The topological polar surface area (TPSA) is 84.9 Å². The van der Waals surface area contributed by atoms with Crippen molar-refractivity contribution >= 4 is 33.0 Å². The number of hydrogen-bond donors (Lipinski definition) is 1. The van der Waals surface area contributed by atoms with Crippen LogP contribution in [0, 0.1) is 0 Å². The second-order valence-electron chi connectivity index (χ2n) is 6.77. The monoisotopic (exact) mass is 474 g/mol. The normalized spacial score (nSPS) is 11.1. The lowest BCUT2D eigenvalue weighted by Crippen LogP contribution is -2.29. The first-order valence-corrected chi connectivity index (χ1v) is 12.5. The fourth-order valence-corrected chi connectivity index (χ4v) is 5.52. The first kappa shape index (κ1) is 23.6. The Balaban J connectivity index is 1.73. The molecule has 0 aliphatic rings. The first-order chi connectivity index (χ1) is 15.4. The molecule has 0 saturated heterocycles. The van der Waals surface area contributed by atoms with Crippen molar-refractivity contribution in [3.8, 4) is 11.5 Å². The van der Waals surface area contributed by atoms with Crippen LogP contribution in [-0.2, 0) is 16.6 Å². The molecule has 1 amide bonds. The summed E-state index contributed by atoms with van der Waals surface area (Å²) in [7, 11) is -2.46. The third kappa shape index (κ3) is 5.41. The van der Waals surface area contributed by atoms with Crippen molar-refractivity contribution in [2.45, 2.75) is 25.3 Å². The molecule has 1 aromatic heterocycles. The van der Waals surface area contributed by atoms with Crippen molar-refractivity contribution in [3.63, 3.8) is 0 Å². The fraction of sp³-hybridized carbons (Fsp3) is 0.261. The van der Waals surface area contributed by atoms with Crippen molar-refractivity contribution in [1.82, 2.24) is 5.32 Å². The maximum absolute atomic E-state index is 13.2. The van der Waals surface area contributed by atoms with Gasteiger partial charge in [-0.25, -0.2) is 8.42 Å². The minimum absolute atomic E-state index is 0.0249. The summed E-state index contributed by atoms with van der Waals surface area (Å²) in [4.78, 5) is 12.9. The molecular formula is C23H26N2O5S2. The quantitative estimate of drug-likeness (QED) is 0.474. The first-order valence-electron chi connectivity index (χ1n) is 10.2. The Morgan fingerprint density at radius 3 is 2.06 bits per heavy atom. The molecule has 0 atom stereocenters. The number of ether oxygens (including phenoxy) is 2. The number of rotatable bonds is 10. The zero-order valence-electron chi connectivity index (χ0n) is 18.2. The zero-order valence-corrected chi connectivity index (χ0v) is 19.8. The van der Waals surface area contributed by atoms with Gasteiger partial charge in [0.25, 0.3) is 15.9 Å². The third-order valence-corrected chi connectivity index (χ3v) is 7.54. The van der Waals surface area contributed by atoms with E-state index in [1.54, 1.807) is 29.6 Å². The van der Waals surface area contributed by atoms with Gasteiger partial charge in [-0.15, -0.1) is 11.3 Å². The molecule has 3 aromatic rings. The summed E-state index contributed by atoms with van der Waals surface area (Å²) in [6.45, 7) is 5.17. The Kier molecular flexibility index (Phi) is 7.76. The molecule has 0 spiro atoms. The number of amides is 1. The molecule has 0 aliphatic carbocycles. The number of hydrogen-bond acceptors (Lipinski definition) is 6. The van der Waals surface area contributed by atoms with Gasteiger partial charge in [0.2, 0.25) is 0 Å². The Morgan fingerprint density at radius 2 is 1.50 bits per heavy atom. The van der Waals surface area contributed by atoms with Gasteiger partial charge in [-0.05, 0) is 67.3 Å². The predicted molar refractivity (Wildman–Crippen MR) is 126 cm³/mol. The molecule has 7 nitrogen and oxygen atoms in total. The Morgan fingerprint density at radius 1 is 0.938 bits per heavy atom. The molecule has 1 heterocycles. The van der Waals surface area contributed by atoms with E-state index in [2.05, 4.69) is 5.32 Å². The van der Waals surface area contributed by atoms with E-state index in [9.17, 15) is 13.2 Å². The second-order valence-corrected chi connectivity index (χ2v) is 9.63. The standard InChI is InChI=1S/C23H26N2O5S2/c1-4-29-19-10-6-17(7-11-19)16-24-23(26)22-21(14-15-31-22)32(27,28)25(3)18-8-12-20(13-9-18)30-5-2/h6-15H,4-5,16H2,1-3H3,(H,24,26). The lowest BCUT2D eigenvalue weighted by molar-refractivity contribution is 0.0952. The summed E-state index contributed by atoms with van der Waals surface area (Å²) >= 11 is 1.09. The maximum atomic E-state index is 13.2. The van der Waals surface area contributed by atoms with Crippen LogP contribution in [0.3, 0.4) is 0 Å². The number of sulfonamides is 1. The minimum Gasteiger partial charge on any atom is -0.494 e. The van der Waals surface area contributed by atoms with Crippen LogP contribution >= 0.6 is 11.3 Å². The van der Waals surface area contributed by atoms with E-state index in [0.29, 0.717) is 24.7 Å². The highest BCUT2D eigenvalue weighted by Gasteiger charge is 2.28. The van der Waals surface area contributed by atoms with Crippen molar-refractivity contribution < 1.29 is 22.7 Å². The summed E-state index contributed by atoms with van der Waals surface area (Å²) in [5, 5.41) is 4.40. The molecule has 170 valence electrons. The smallest absolute Gasteiger partial charge is 0.265 e. The third-order valence-electron chi connectivity index (χ3n) is 4.67. The summed E-state index contributed by atoms with van der Waals surface area (Å²) in [5.41, 5.74) is 1.36. The Hall–Kier alpha value is -3.04.